The summed E-state index contributed by atoms with van der Waals surface area (Å²) in [6.45, 7) is 8.73. The summed E-state index contributed by atoms with van der Waals surface area (Å²) in [5, 5.41) is 5.29. The number of allylic oxidation sites excluding steroid dienone is 2. The zero-order valence-corrected chi connectivity index (χ0v) is 25.1. The first kappa shape index (κ1) is 27.1. The molecule has 0 atom stereocenters. The molecule has 0 N–H and O–H groups in total. The Morgan fingerprint density at radius 1 is 0.814 bits per heavy atom. The first-order chi connectivity index (χ1) is 20.5. The normalized spacial score (nSPS) is 19.6. The molecular formula is C36H34N3O4+. The van der Waals surface area contributed by atoms with Crippen LogP contribution in [0.4, 0.5) is 11.4 Å². The molecule has 3 heterocycles. The van der Waals surface area contributed by atoms with E-state index in [9.17, 15) is 14.4 Å². The first-order valence-corrected chi connectivity index (χ1v) is 14.7. The molecule has 0 saturated carbocycles. The number of benzene rings is 4. The molecule has 3 aliphatic heterocycles. The summed E-state index contributed by atoms with van der Waals surface area (Å²) in [6.07, 6.45) is 2.33. The summed E-state index contributed by atoms with van der Waals surface area (Å²) < 4.78 is 2.25. The summed E-state index contributed by atoms with van der Waals surface area (Å²) in [6, 6.07) is 25.2. The maximum Gasteiger partial charge on any atom is 0.352 e. The highest BCUT2D eigenvalue weighted by atomic mass is 16.7. The van der Waals surface area contributed by atoms with Crippen molar-refractivity contribution in [3.63, 3.8) is 0 Å². The molecular weight excluding hydrogens is 538 g/mol. The van der Waals surface area contributed by atoms with Gasteiger partial charge in [0.2, 0.25) is 5.69 Å². The lowest BCUT2D eigenvalue weighted by atomic mass is 9.76. The van der Waals surface area contributed by atoms with Gasteiger partial charge in [0.25, 0.3) is 11.8 Å². The molecule has 7 rings (SSSR count). The lowest BCUT2D eigenvalue weighted by Crippen LogP contribution is -2.38. The largest absolute Gasteiger partial charge is 0.352 e. The zero-order valence-electron chi connectivity index (χ0n) is 25.1. The number of anilines is 1. The van der Waals surface area contributed by atoms with E-state index in [0.29, 0.717) is 5.06 Å². The molecule has 0 radical (unpaired) electrons. The van der Waals surface area contributed by atoms with Crippen molar-refractivity contribution in [2.75, 3.05) is 18.5 Å². The van der Waals surface area contributed by atoms with Gasteiger partial charge in [0.1, 0.15) is 13.6 Å². The van der Waals surface area contributed by atoms with E-state index in [1.54, 1.807) is 0 Å². The Hall–Kier alpha value is -4.78. The summed E-state index contributed by atoms with van der Waals surface area (Å²) in [5.74, 6) is -1.64. The Morgan fingerprint density at radius 2 is 1.40 bits per heavy atom. The molecule has 0 spiro atoms. The van der Waals surface area contributed by atoms with Crippen molar-refractivity contribution in [1.29, 1.82) is 0 Å². The minimum Gasteiger partial charge on any atom is -0.332 e. The molecule has 0 bridgehead atoms. The van der Waals surface area contributed by atoms with Crippen molar-refractivity contribution in [2.45, 2.75) is 51.4 Å². The average molecular weight is 573 g/mol. The van der Waals surface area contributed by atoms with E-state index in [2.05, 4.69) is 106 Å². The van der Waals surface area contributed by atoms with Crippen LogP contribution >= 0.6 is 0 Å². The number of hydrogen-bond acceptors (Lipinski definition) is 5. The van der Waals surface area contributed by atoms with E-state index in [1.165, 1.54) is 16.3 Å². The molecule has 4 aromatic rings. The molecule has 1 saturated heterocycles. The molecule has 0 unspecified atom stereocenters. The number of amides is 2. The van der Waals surface area contributed by atoms with Crippen molar-refractivity contribution < 1.29 is 23.8 Å². The number of hydroxylamine groups is 2. The van der Waals surface area contributed by atoms with Gasteiger partial charge >= 0.3 is 5.97 Å². The summed E-state index contributed by atoms with van der Waals surface area (Å²) in [4.78, 5) is 45.1. The Labute approximate surface area is 250 Å². The van der Waals surface area contributed by atoms with Gasteiger partial charge in [-0.3, -0.25) is 9.59 Å². The Balaban J connectivity index is 1.38. The topological polar surface area (TPSA) is 69.9 Å². The maximum absolute atomic E-state index is 13.4. The van der Waals surface area contributed by atoms with E-state index in [0.717, 1.165) is 39.1 Å². The maximum atomic E-state index is 13.4. The third-order valence-corrected chi connectivity index (χ3v) is 9.41. The van der Waals surface area contributed by atoms with Gasteiger partial charge in [-0.25, -0.2) is 4.79 Å². The first-order valence-electron chi connectivity index (χ1n) is 14.7. The van der Waals surface area contributed by atoms with Crippen molar-refractivity contribution in [2.24, 2.45) is 0 Å². The van der Waals surface area contributed by atoms with Gasteiger partial charge in [0.15, 0.2) is 5.71 Å². The van der Waals surface area contributed by atoms with Gasteiger partial charge in [-0.15, -0.1) is 5.06 Å². The van der Waals surface area contributed by atoms with Crippen LogP contribution in [0.2, 0.25) is 0 Å². The average Bonchev–Trinajstić information content (AvgIpc) is 3.49. The lowest BCUT2D eigenvalue weighted by molar-refractivity contribution is -0.401. The van der Waals surface area contributed by atoms with Gasteiger partial charge in [0.05, 0.1) is 5.41 Å². The third-order valence-electron chi connectivity index (χ3n) is 9.41. The quantitative estimate of drug-likeness (QED) is 0.212. The summed E-state index contributed by atoms with van der Waals surface area (Å²) in [5.41, 5.74) is 5.72. The number of imide groups is 1. The van der Waals surface area contributed by atoms with E-state index < -0.39 is 23.2 Å². The van der Waals surface area contributed by atoms with E-state index in [1.807, 2.05) is 17.0 Å². The van der Waals surface area contributed by atoms with Crippen LogP contribution in [-0.2, 0) is 30.1 Å². The number of rotatable bonds is 4. The fourth-order valence-electron chi connectivity index (χ4n) is 7.36. The SMILES string of the molecule is C[N+]1=C(/C=C2/N(CC(=O)ON3C(=O)CCC3=O)c3ccc4ccccc4c3C2(C)C)C(C)(C)c2c1ccc1ccccc21. The van der Waals surface area contributed by atoms with Crippen molar-refractivity contribution in [3.05, 3.63) is 95.7 Å². The number of carbonyl (C=O) groups excluding carboxylic acids is 3. The van der Waals surface area contributed by atoms with E-state index in [4.69, 9.17) is 4.84 Å². The van der Waals surface area contributed by atoms with Crippen LogP contribution in [0.25, 0.3) is 21.5 Å². The van der Waals surface area contributed by atoms with Crippen LogP contribution in [0.5, 0.6) is 0 Å². The second kappa shape index (κ2) is 9.36. The molecule has 3 aliphatic rings. The minimum atomic E-state index is -0.662. The minimum absolute atomic E-state index is 0.0534. The van der Waals surface area contributed by atoms with Crippen molar-refractivity contribution in [3.8, 4) is 0 Å². The number of carbonyl (C=O) groups is 3. The standard InChI is InChI=1S/C36H34N3O4/c1-35(2)28(37(5)26-16-14-22-10-6-8-12-24(22)33(26)35)20-29-36(3,4)34-25-13-9-7-11-23(25)15-17-27(34)38(29)21-32(42)43-39-30(40)18-19-31(39)41/h6-17,20H,18-19,21H2,1-5H3/q+1. The van der Waals surface area contributed by atoms with Gasteiger partial charge in [-0.2, -0.15) is 4.58 Å². The molecule has 7 nitrogen and oxygen atoms in total. The van der Waals surface area contributed by atoms with Crippen LogP contribution in [0, 0.1) is 0 Å². The second-order valence-corrected chi connectivity index (χ2v) is 12.7. The number of nitrogens with zero attached hydrogens (tertiary/aromatic N) is 3. The van der Waals surface area contributed by atoms with Crippen molar-refractivity contribution >= 4 is 56.4 Å². The van der Waals surface area contributed by atoms with Gasteiger partial charge in [0, 0.05) is 47.3 Å². The smallest absolute Gasteiger partial charge is 0.332 e. The molecule has 216 valence electrons. The van der Waals surface area contributed by atoms with Gasteiger partial charge in [-0.05, 0) is 53.1 Å². The second-order valence-electron chi connectivity index (χ2n) is 12.7. The van der Waals surface area contributed by atoms with Crippen LogP contribution in [-0.4, -0.2) is 46.7 Å². The van der Waals surface area contributed by atoms with Crippen LogP contribution < -0.4 is 4.90 Å². The molecule has 0 aromatic heterocycles. The van der Waals surface area contributed by atoms with Crippen molar-refractivity contribution in [1.82, 2.24) is 5.06 Å². The summed E-state index contributed by atoms with van der Waals surface area (Å²) in [7, 11) is 2.10. The predicted octanol–water partition coefficient (Wildman–Crippen LogP) is 6.29. The molecule has 43 heavy (non-hydrogen) atoms. The Bertz CT molecular complexity index is 1950. The van der Waals surface area contributed by atoms with Crippen LogP contribution in [0.1, 0.15) is 51.7 Å². The van der Waals surface area contributed by atoms with Gasteiger partial charge in [-0.1, -0.05) is 68.4 Å². The fraction of sp³-hybridized carbons (Fsp3) is 0.278. The molecule has 2 amide bonds. The highest BCUT2D eigenvalue weighted by molar-refractivity contribution is 6.09. The monoisotopic (exact) mass is 572 g/mol. The molecule has 0 aliphatic carbocycles. The van der Waals surface area contributed by atoms with E-state index in [-0.39, 0.29) is 24.8 Å². The van der Waals surface area contributed by atoms with Crippen LogP contribution in [0.15, 0.2) is 84.6 Å². The third kappa shape index (κ3) is 3.94. The highest BCUT2D eigenvalue weighted by Gasteiger charge is 2.48. The Morgan fingerprint density at radius 3 is 2.05 bits per heavy atom. The van der Waals surface area contributed by atoms with Crippen LogP contribution in [0.3, 0.4) is 0 Å². The zero-order chi connectivity index (χ0) is 30.3. The molecule has 7 heteroatoms. The number of hydrogen-bond donors (Lipinski definition) is 0. The Kier molecular flexibility index (Phi) is 5.90. The summed E-state index contributed by atoms with van der Waals surface area (Å²) >= 11 is 0. The highest BCUT2D eigenvalue weighted by Crippen LogP contribution is 2.52. The van der Waals surface area contributed by atoms with E-state index >= 15 is 0 Å². The predicted molar refractivity (Wildman–Crippen MR) is 167 cm³/mol. The fourth-order valence-corrected chi connectivity index (χ4v) is 7.36. The lowest BCUT2D eigenvalue weighted by Gasteiger charge is -2.28. The molecule has 4 aromatic carbocycles. The molecule has 1 fully saturated rings. The number of fused-ring (bicyclic) bond motifs is 6. The van der Waals surface area contributed by atoms with Gasteiger partial charge < -0.3 is 9.74 Å².